The molecule has 2 aromatic heterocycles. The predicted octanol–water partition coefficient (Wildman–Crippen LogP) is 1.73. The summed E-state index contributed by atoms with van der Waals surface area (Å²) in [6.07, 6.45) is 5.88. The molecule has 0 spiro atoms. The third-order valence-corrected chi connectivity index (χ3v) is 3.36. The number of rotatable bonds is 4. The summed E-state index contributed by atoms with van der Waals surface area (Å²) in [5, 5.41) is 3.35. The van der Waals surface area contributed by atoms with Gasteiger partial charge in [-0.05, 0) is 30.4 Å². The van der Waals surface area contributed by atoms with E-state index in [-0.39, 0.29) is 5.95 Å². The zero-order chi connectivity index (χ0) is 13.3. The lowest BCUT2D eigenvalue weighted by atomic mass is 10.1. The summed E-state index contributed by atoms with van der Waals surface area (Å²) in [6, 6.07) is 3.61. The molecule has 1 saturated carbocycles. The van der Waals surface area contributed by atoms with Crippen LogP contribution in [0.4, 0.5) is 11.8 Å². The van der Waals surface area contributed by atoms with E-state index < -0.39 is 0 Å². The van der Waals surface area contributed by atoms with Crippen LogP contribution in [0.2, 0.25) is 0 Å². The first-order valence-electron chi connectivity index (χ1n) is 6.30. The molecule has 98 valence electrons. The van der Waals surface area contributed by atoms with E-state index in [0.717, 1.165) is 12.4 Å². The number of nitrogens with one attached hydrogen (secondary N) is 1. The van der Waals surface area contributed by atoms with Crippen LogP contribution in [-0.4, -0.2) is 26.5 Å². The molecule has 0 aromatic carbocycles. The summed E-state index contributed by atoms with van der Waals surface area (Å²) in [6.45, 7) is 3.21. The molecule has 3 N–H and O–H groups in total. The van der Waals surface area contributed by atoms with Gasteiger partial charge < -0.3 is 11.1 Å². The molecular weight excluding hydrogens is 240 g/mol. The minimum absolute atomic E-state index is 0.227. The molecule has 0 amide bonds. The number of anilines is 2. The summed E-state index contributed by atoms with van der Waals surface area (Å²) in [5.41, 5.74) is 6.63. The zero-order valence-corrected chi connectivity index (χ0v) is 10.8. The maximum absolute atomic E-state index is 5.56. The van der Waals surface area contributed by atoms with E-state index in [2.05, 4.69) is 32.2 Å². The Hall–Kier alpha value is -2.24. The molecule has 3 rings (SSSR count). The van der Waals surface area contributed by atoms with Gasteiger partial charge in [-0.2, -0.15) is 0 Å². The van der Waals surface area contributed by atoms with Gasteiger partial charge in [-0.1, -0.05) is 6.92 Å². The van der Waals surface area contributed by atoms with Crippen LogP contribution in [0.25, 0.3) is 11.5 Å². The lowest BCUT2D eigenvalue weighted by Crippen LogP contribution is -2.13. The highest BCUT2D eigenvalue weighted by Crippen LogP contribution is 2.44. The van der Waals surface area contributed by atoms with Gasteiger partial charge in [-0.15, -0.1) is 0 Å². The highest BCUT2D eigenvalue weighted by atomic mass is 15.1. The third kappa shape index (κ3) is 2.78. The van der Waals surface area contributed by atoms with Gasteiger partial charge in [0.05, 0.1) is 0 Å². The van der Waals surface area contributed by atoms with Gasteiger partial charge in [-0.25, -0.2) is 19.9 Å². The largest absolute Gasteiger partial charge is 0.369 e. The van der Waals surface area contributed by atoms with Crippen LogP contribution in [0.3, 0.4) is 0 Å². The Labute approximate surface area is 111 Å². The summed E-state index contributed by atoms with van der Waals surface area (Å²) in [5.74, 6) is 1.60. The van der Waals surface area contributed by atoms with Crippen molar-refractivity contribution in [2.24, 2.45) is 5.41 Å². The molecule has 1 fully saturated rings. The fourth-order valence-corrected chi connectivity index (χ4v) is 1.77. The Balaban J connectivity index is 1.79. The molecule has 0 unspecified atom stereocenters. The molecule has 2 heterocycles. The van der Waals surface area contributed by atoms with Crippen molar-refractivity contribution in [2.75, 3.05) is 17.6 Å². The summed E-state index contributed by atoms with van der Waals surface area (Å²) >= 11 is 0. The van der Waals surface area contributed by atoms with Gasteiger partial charge in [0.1, 0.15) is 11.5 Å². The van der Waals surface area contributed by atoms with Crippen LogP contribution in [0.5, 0.6) is 0 Å². The van der Waals surface area contributed by atoms with E-state index in [1.165, 1.54) is 12.8 Å². The van der Waals surface area contributed by atoms with Crippen LogP contribution in [-0.2, 0) is 0 Å². The second-order valence-corrected chi connectivity index (χ2v) is 5.23. The van der Waals surface area contributed by atoms with E-state index >= 15 is 0 Å². The number of nitrogens with two attached hydrogens (primary N) is 1. The van der Waals surface area contributed by atoms with Gasteiger partial charge in [0.25, 0.3) is 0 Å². The molecule has 1 aliphatic carbocycles. The van der Waals surface area contributed by atoms with Crippen molar-refractivity contribution >= 4 is 11.8 Å². The normalized spacial score (nSPS) is 16.1. The molecule has 1 aliphatic rings. The van der Waals surface area contributed by atoms with E-state index in [1.54, 1.807) is 18.5 Å². The van der Waals surface area contributed by atoms with Gasteiger partial charge in [0.2, 0.25) is 5.95 Å². The van der Waals surface area contributed by atoms with Gasteiger partial charge in [0, 0.05) is 18.9 Å². The maximum atomic E-state index is 5.56. The minimum atomic E-state index is 0.227. The number of hydrogen-bond donors (Lipinski definition) is 2. The maximum Gasteiger partial charge on any atom is 0.220 e. The lowest BCUT2D eigenvalue weighted by Gasteiger charge is -2.10. The fourth-order valence-electron chi connectivity index (χ4n) is 1.77. The summed E-state index contributed by atoms with van der Waals surface area (Å²) < 4.78 is 0. The molecule has 0 atom stereocenters. The van der Waals surface area contributed by atoms with E-state index in [9.17, 15) is 0 Å². The van der Waals surface area contributed by atoms with Crippen molar-refractivity contribution in [1.82, 2.24) is 19.9 Å². The van der Waals surface area contributed by atoms with Gasteiger partial charge in [-0.3, -0.25) is 0 Å². The van der Waals surface area contributed by atoms with Crippen molar-refractivity contribution < 1.29 is 0 Å². The average molecular weight is 256 g/mol. The van der Waals surface area contributed by atoms with Crippen LogP contribution in [0.15, 0.2) is 24.5 Å². The summed E-state index contributed by atoms with van der Waals surface area (Å²) in [4.78, 5) is 16.6. The highest BCUT2D eigenvalue weighted by Gasteiger charge is 2.36. The average Bonchev–Trinajstić information content (AvgIpc) is 3.16. The zero-order valence-electron chi connectivity index (χ0n) is 10.8. The van der Waals surface area contributed by atoms with Crippen LogP contribution in [0, 0.1) is 5.41 Å². The first kappa shape index (κ1) is 11.8. The first-order chi connectivity index (χ1) is 9.15. The lowest BCUT2D eigenvalue weighted by molar-refractivity contribution is 0.609. The first-order valence-corrected chi connectivity index (χ1v) is 6.30. The Bertz CT molecular complexity index is 593. The van der Waals surface area contributed by atoms with Crippen molar-refractivity contribution in [3.63, 3.8) is 0 Å². The van der Waals surface area contributed by atoms with Crippen molar-refractivity contribution in [3.05, 3.63) is 24.5 Å². The highest BCUT2D eigenvalue weighted by molar-refractivity contribution is 5.52. The second-order valence-electron chi connectivity index (χ2n) is 5.23. The standard InChI is InChI=1S/C13H16N6/c1-13(4-5-13)8-17-10-3-7-15-11(19-10)9-2-6-16-12(14)18-9/h2-3,6-7H,4-5,8H2,1H3,(H2,14,16,18)(H,15,17,19). The molecular formula is C13H16N6. The minimum Gasteiger partial charge on any atom is -0.369 e. The molecule has 6 nitrogen and oxygen atoms in total. The van der Waals surface area contributed by atoms with Crippen LogP contribution < -0.4 is 11.1 Å². The number of nitrogen functional groups attached to an aromatic ring is 1. The topological polar surface area (TPSA) is 89.6 Å². The Morgan fingerprint density at radius 3 is 2.74 bits per heavy atom. The number of aromatic nitrogens is 4. The number of nitrogens with zero attached hydrogens (tertiary/aromatic N) is 4. The molecule has 0 aliphatic heterocycles. The van der Waals surface area contributed by atoms with Crippen molar-refractivity contribution in [3.8, 4) is 11.5 Å². The Morgan fingerprint density at radius 1 is 1.21 bits per heavy atom. The van der Waals surface area contributed by atoms with Gasteiger partial charge in [0.15, 0.2) is 5.82 Å². The molecule has 0 bridgehead atoms. The fraction of sp³-hybridized carbons (Fsp3) is 0.385. The van der Waals surface area contributed by atoms with E-state index in [4.69, 9.17) is 5.73 Å². The molecule has 6 heteroatoms. The Kier molecular flexibility index (Phi) is 2.77. The van der Waals surface area contributed by atoms with Gasteiger partial charge >= 0.3 is 0 Å². The molecule has 19 heavy (non-hydrogen) atoms. The molecule has 2 aromatic rings. The van der Waals surface area contributed by atoms with Crippen molar-refractivity contribution in [2.45, 2.75) is 19.8 Å². The van der Waals surface area contributed by atoms with Crippen LogP contribution in [0.1, 0.15) is 19.8 Å². The van der Waals surface area contributed by atoms with Crippen LogP contribution >= 0.6 is 0 Å². The number of hydrogen-bond acceptors (Lipinski definition) is 6. The quantitative estimate of drug-likeness (QED) is 0.865. The van der Waals surface area contributed by atoms with E-state index in [1.807, 2.05) is 6.07 Å². The second kappa shape index (κ2) is 4.46. The monoisotopic (exact) mass is 256 g/mol. The SMILES string of the molecule is CC1(CNc2ccnc(-c3ccnc(N)n3)n2)CC1. The van der Waals surface area contributed by atoms with Crippen molar-refractivity contribution in [1.29, 1.82) is 0 Å². The predicted molar refractivity (Wildman–Crippen MR) is 73.3 cm³/mol. The summed E-state index contributed by atoms with van der Waals surface area (Å²) in [7, 11) is 0. The Morgan fingerprint density at radius 2 is 2.00 bits per heavy atom. The molecule has 0 radical (unpaired) electrons. The third-order valence-electron chi connectivity index (χ3n) is 3.36. The smallest absolute Gasteiger partial charge is 0.220 e. The van der Waals surface area contributed by atoms with E-state index in [0.29, 0.717) is 16.9 Å². The molecule has 0 saturated heterocycles.